The van der Waals surface area contributed by atoms with Gasteiger partial charge in [0.25, 0.3) is 5.91 Å². The monoisotopic (exact) mass is 472 g/mol. The Kier molecular flexibility index (Phi) is 5.62. The lowest BCUT2D eigenvalue weighted by Crippen LogP contribution is -2.46. The van der Waals surface area contributed by atoms with Crippen molar-refractivity contribution in [3.8, 4) is 0 Å². The molecule has 0 bridgehead atoms. The first kappa shape index (κ1) is 22.4. The Labute approximate surface area is 192 Å². The summed E-state index contributed by atoms with van der Waals surface area (Å²) in [5, 5.41) is 7.40. The van der Waals surface area contributed by atoms with Crippen LogP contribution in [0.1, 0.15) is 22.8 Å². The Bertz CT molecular complexity index is 1440. The molecule has 170 valence electrons. The largest absolute Gasteiger partial charge is 0.383 e. The summed E-state index contributed by atoms with van der Waals surface area (Å²) < 4.78 is 29.9. The molecule has 33 heavy (non-hydrogen) atoms. The Morgan fingerprint density at radius 3 is 2.61 bits per heavy atom. The van der Waals surface area contributed by atoms with Crippen LogP contribution >= 0.6 is 11.6 Å². The minimum absolute atomic E-state index is 0.0709. The predicted octanol–water partition coefficient (Wildman–Crippen LogP) is 3.67. The van der Waals surface area contributed by atoms with Crippen LogP contribution < -0.4 is 5.73 Å². The Balaban J connectivity index is 1.84. The number of carbonyl (C=O) groups excluding carboxylic acids is 2. The van der Waals surface area contributed by atoms with Gasteiger partial charge in [-0.15, -0.1) is 0 Å². The van der Waals surface area contributed by atoms with Crippen LogP contribution in [-0.2, 0) is 18.4 Å². The number of pyridine rings is 1. The molecule has 11 heteroatoms. The van der Waals surface area contributed by atoms with E-state index in [2.05, 4.69) is 10.1 Å². The summed E-state index contributed by atoms with van der Waals surface area (Å²) in [6, 6.07) is 6.82. The molecule has 0 aliphatic rings. The van der Waals surface area contributed by atoms with Crippen molar-refractivity contribution in [2.75, 3.05) is 12.8 Å². The van der Waals surface area contributed by atoms with Crippen LogP contribution in [0, 0.1) is 11.6 Å². The van der Waals surface area contributed by atoms with E-state index in [1.165, 1.54) is 26.1 Å². The first-order chi connectivity index (χ1) is 15.6. The second kappa shape index (κ2) is 8.28. The van der Waals surface area contributed by atoms with Gasteiger partial charge < -0.3 is 5.73 Å². The molecule has 0 fully saturated rings. The maximum absolute atomic E-state index is 14.5. The van der Waals surface area contributed by atoms with E-state index in [0.29, 0.717) is 27.6 Å². The molecule has 2 aromatic heterocycles. The fraction of sp³-hybridized carbons (Fsp3) is 0.182. The van der Waals surface area contributed by atoms with E-state index in [0.717, 1.165) is 16.1 Å². The van der Waals surface area contributed by atoms with Crippen LogP contribution in [0.15, 0.2) is 36.5 Å². The van der Waals surface area contributed by atoms with E-state index >= 15 is 0 Å². The molecule has 0 spiro atoms. The maximum atomic E-state index is 14.5. The zero-order valence-corrected chi connectivity index (χ0v) is 18.7. The van der Waals surface area contributed by atoms with E-state index in [1.807, 2.05) is 0 Å². The zero-order chi connectivity index (χ0) is 24.0. The second-order valence-corrected chi connectivity index (χ2v) is 7.89. The van der Waals surface area contributed by atoms with Crippen LogP contribution in [0.5, 0.6) is 0 Å². The lowest BCUT2D eigenvalue weighted by molar-refractivity contribution is -0.140. The molecular weight excluding hydrogens is 454 g/mol. The summed E-state index contributed by atoms with van der Waals surface area (Å²) in [5.74, 6) is -3.10. The molecule has 2 N–H and O–H groups in total. The van der Waals surface area contributed by atoms with Crippen LogP contribution in [0.3, 0.4) is 0 Å². The van der Waals surface area contributed by atoms with Crippen molar-refractivity contribution in [3.63, 3.8) is 0 Å². The molecular formula is C22H19ClF2N6O2. The van der Waals surface area contributed by atoms with Gasteiger partial charge in [-0.1, -0.05) is 11.6 Å². The number of nitrogen functional groups attached to an aromatic ring is 1. The first-order valence-electron chi connectivity index (χ1n) is 9.79. The van der Waals surface area contributed by atoms with E-state index in [9.17, 15) is 18.4 Å². The molecule has 0 aliphatic heterocycles. The predicted molar refractivity (Wildman–Crippen MR) is 120 cm³/mol. The van der Waals surface area contributed by atoms with Gasteiger partial charge in [-0.3, -0.25) is 19.3 Å². The SMILES string of the molecule is CC(=O)N(C)N(Cc1c(Cl)ccc(F)c1F)C(=O)c1ccc2nc(N)c3cnn(C)c3c2c1. The maximum Gasteiger partial charge on any atom is 0.272 e. The fourth-order valence-electron chi connectivity index (χ4n) is 3.59. The van der Waals surface area contributed by atoms with Crippen LogP contribution in [0.4, 0.5) is 14.6 Å². The number of hydrazine groups is 1. The summed E-state index contributed by atoms with van der Waals surface area (Å²) in [4.78, 5) is 29.9. The van der Waals surface area contributed by atoms with Crippen molar-refractivity contribution in [1.29, 1.82) is 0 Å². The third kappa shape index (κ3) is 3.82. The number of aryl methyl sites for hydroxylation is 1. The highest BCUT2D eigenvalue weighted by atomic mass is 35.5. The first-order valence-corrected chi connectivity index (χ1v) is 10.2. The van der Waals surface area contributed by atoms with Crippen molar-refractivity contribution in [1.82, 2.24) is 24.8 Å². The number of nitrogens with two attached hydrogens (primary N) is 1. The quantitative estimate of drug-likeness (QED) is 0.362. The fourth-order valence-corrected chi connectivity index (χ4v) is 3.79. The summed E-state index contributed by atoms with van der Waals surface area (Å²) in [6.45, 7) is 0.784. The van der Waals surface area contributed by atoms with Crippen molar-refractivity contribution in [3.05, 3.63) is 64.3 Å². The number of fused-ring (bicyclic) bond motifs is 3. The Morgan fingerprint density at radius 2 is 1.91 bits per heavy atom. The molecule has 2 heterocycles. The Morgan fingerprint density at radius 1 is 1.18 bits per heavy atom. The molecule has 2 amide bonds. The number of benzene rings is 2. The molecule has 2 aromatic carbocycles. The highest BCUT2D eigenvalue weighted by Crippen LogP contribution is 2.29. The van der Waals surface area contributed by atoms with E-state index in [1.54, 1.807) is 30.1 Å². The third-order valence-corrected chi connectivity index (χ3v) is 5.81. The molecule has 8 nitrogen and oxygen atoms in total. The molecule has 0 radical (unpaired) electrons. The number of nitrogens with zero attached hydrogens (tertiary/aromatic N) is 5. The van der Waals surface area contributed by atoms with Crippen molar-refractivity contribution >= 4 is 51.0 Å². The third-order valence-electron chi connectivity index (χ3n) is 5.45. The van der Waals surface area contributed by atoms with E-state index < -0.39 is 30.0 Å². The molecule has 0 aliphatic carbocycles. The minimum Gasteiger partial charge on any atom is -0.383 e. The van der Waals surface area contributed by atoms with Gasteiger partial charge in [-0.25, -0.2) is 18.8 Å². The molecule has 0 unspecified atom stereocenters. The normalized spacial score (nSPS) is 11.2. The van der Waals surface area contributed by atoms with Gasteiger partial charge in [-0.05, 0) is 30.3 Å². The number of halogens is 3. The van der Waals surface area contributed by atoms with Gasteiger partial charge >= 0.3 is 0 Å². The summed E-state index contributed by atoms with van der Waals surface area (Å²) in [5.41, 5.74) is 7.19. The highest BCUT2D eigenvalue weighted by molar-refractivity contribution is 6.31. The van der Waals surface area contributed by atoms with E-state index in [-0.39, 0.29) is 16.1 Å². The van der Waals surface area contributed by atoms with Gasteiger partial charge in [-0.2, -0.15) is 5.10 Å². The number of aromatic nitrogens is 3. The number of anilines is 1. The summed E-state index contributed by atoms with van der Waals surface area (Å²) in [7, 11) is 3.09. The molecule has 4 rings (SSSR count). The average Bonchev–Trinajstić information content (AvgIpc) is 3.18. The lowest BCUT2D eigenvalue weighted by atomic mass is 10.1. The highest BCUT2D eigenvalue weighted by Gasteiger charge is 2.26. The zero-order valence-electron chi connectivity index (χ0n) is 17.9. The lowest BCUT2D eigenvalue weighted by Gasteiger charge is -2.31. The number of carbonyl (C=O) groups is 2. The minimum atomic E-state index is -1.19. The molecule has 4 aromatic rings. The molecule has 0 saturated heterocycles. The van der Waals surface area contributed by atoms with Crippen molar-refractivity contribution < 1.29 is 18.4 Å². The second-order valence-electron chi connectivity index (χ2n) is 7.49. The van der Waals surface area contributed by atoms with Gasteiger partial charge in [0.05, 0.1) is 29.2 Å². The van der Waals surface area contributed by atoms with Gasteiger partial charge in [0, 0.05) is 42.6 Å². The van der Waals surface area contributed by atoms with Gasteiger partial charge in [0.15, 0.2) is 11.6 Å². The van der Waals surface area contributed by atoms with Crippen molar-refractivity contribution in [2.45, 2.75) is 13.5 Å². The number of hydrogen-bond acceptors (Lipinski definition) is 5. The number of hydrogen-bond donors (Lipinski definition) is 1. The van der Waals surface area contributed by atoms with Crippen LogP contribution in [0.25, 0.3) is 21.8 Å². The van der Waals surface area contributed by atoms with Crippen LogP contribution in [0.2, 0.25) is 5.02 Å². The van der Waals surface area contributed by atoms with Crippen LogP contribution in [-0.4, -0.2) is 43.6 Å². The van der Waals surface area contributed by atoms with Gasteiger partial charge in [0.1, 0.15) is 5.82 Å². The Hall–Kier alpha value is -3.79. The summed E-state index contributed by atoms with van der Waals surface area (Å²) >= 11 is 6.07. The molecule has 0 saturated carbocycles. The summed E-state index contributed by atoms with van der Waals surface area (Å²) in [6.07, 6.45) is 1.58. The van der Waals surface area contributed by atoms with E-state index in [4.69, 9.17) is 17.3 Å². The van der Waals surface area contributed by atoms with Crippen molar-refractivity contribution in [2.24, 2.45) is 7.05 Å². The number of amides is 2. The molecule has 0 atom stereocenters. The average molecular weight is 473 g/mol. The van der Waals surface area contributed by atoms with Gasteiger partial charge in [0.2, 0.25) is 5.91 Å². The topological polar surface area (TPSA) is 97.3 Å². The standard InChI is InChI=1S/C22H19ClF2N6O2/c1-11(32)30(3)31(10-15-16(23)5-6-17(24)19(15)25)22(33)12-4-7-18-13(8-12)20-14(21(26)28-18)9-27-29(20)2/h4-9H,10H2,1-3H3,(H2,26,28). The smallest absolute Gasteiger partial charge is 0.272 e. The number of rotatable bonds is 3.